The molecule has 0 aromatic carbocycles. The van der Waals surface area contributed by atoms with Gasteiger partial charge in [-0.1, -0.05) is 6.42 Å². The lowest BCUT2D eigenvalue weighted by molar-refractivity contribution is 0.196. The Morgan fingerprint density at radius 3 is 2.50 bits per heavy atom. The topological polar surface area (TPSA) is 27.0 Å². The number of hydrogen-bond acceptors (Lipinski definition) is 3. The summed E-state index contributed by atoms with van der Waals surface area (Å²) in [5, 5.41) is 9.38. The molecule has 1 aromatic rings. The van der Waals surface area contributed by atoms with E-state index in [1.165, 1.54) is 34.6 Å². The summed E-state index contributed by atoms with van der Waals surface area (Å²) in [4.78, 5) is 4.94. The minimum atomic E-state index is -0.0229. The second kappa shape index (κ2) is 4.99. The number of thiophene rings is 1. The van der Waals surface area contributed by atoms with Crippen molar-refractivity contribution < 1.29 is 0 Å². The van der Waals surface area contributed by atoms with Gasteiger partial charge >= 0.3 is 0 Å². The molecule has 0 radical (unpaired) electrons. The van der Waals surface area contributed by atoms with E-state index in [1.54, 1.807) is 11.3 Å². The first-order valence-corrected chi connectivity index (χ1v) is 6.74. The Kier molecular flexibility index (Phi) is 3.63. The molecular formula is C13H18N2S. The molecule has 1 aromatic heterocycles. The first-order chi connectivity index (χ1) is 7.72. The smallest absolute Gasteiger partial charge is 0.124 e. The number of aryl methyl sites for hydroxylation is 2. The predicted octanol–water partition coefficient (Wildman–Crippen LogP) is 3.42. The monoisotopic (exact) mass is 234 g/mol. The van der Waals surface area contributed by atoms with Crippen molar-refractivity contribution >= 4 is 11.3 Å². The fraction of sp³-hybridized carbons (Fsp3) is 0.615. The molecule has 1 aliphatic heterocycles. The lowest BCUT2D eigenvalue weighted by Crippen LogP contribution is -2.33. The Hall–Kier alpha value is -0.850. The second-order valence-electron chi connectivity index (χ2n) is 4.50. The van der Waals surface area contributed by atoms with Gasteiger partial charge in [0, 0.05) is 9.75 Å². The fourth-order valence-electron chi connectivity index (χ4n) is 2.45. The Morgan fingerprint density at radius 2 is 2.00 bits per heavy atom. The summed E-state index contributed by atoms with van der Waals surface area (Å²) in [7, 11) is 0. The molecule has 0 saturated carbocycles. The van der Waals surface area contributed by atoms with E-state index in [0.717, 1.165) is 13.1 Å². The Labute approximate surface area is 102 Å². The van der Waals surface area contributed by atoms with Crippen LogP contribution in [-0.4, -0.2) is 18.0 Å². The van der Waals surface area contributed by atoms with Crippen LogP contribution in [-0.2, 0) is 0 Å². The zero-order chi connectivity index (χ0) is 11.5. The molecule has 1 saturated heterocycles. The van der Waals surface area contributed by atoms with Crippen molar-refractivity contribution in [3.63, 3.8) is 0 Å². The Balaban J connectivity index is 2.22. The highest BCUT2D eigenvalue weighted by Crippen LogP contribution is 2.31. The highest BCUT2D eigenvalue weighted by molar-refractivity contribution is 7.12. The van der Waals surface area contributed by atoms with Crippen LogP contribution in [0.3, 0.4) is 0 Å². The van der Waals surface area contributed by atoms with E-state index in [4.69, 9.17) is 0 Å². The van der Waals surface area contributed by atoms with E-state index in [0.29, 0.717) is 0 Å². The maximum Gasteiger partial charge on any atom is 0.124 e. The first kappa shape index (κ1) is 11.6. The highest BCUT2D eigenvalue weighted by atomic mass is 32.1. The molecule has 0 bridgehead atoms. The van der Waals surface area contributed by atoms with Gasteiger partial charge in [-0.15, -0.1) is 11.3 Å². The van der Waals surface area contributed by atoms with Gasteiger partial charge in [0.15, 0.2) is 0 Å². The molecule has 1 fully saturated rings. The van der Waals surface area contributed by atoms with E-state index in [1.807, 2.05) is 0 Å². The van der Waals surface area contributed by atoms with Crippen molar-refractivity contribution in [2.75, 3.05) is 13.1 Å². The van der Waals surface area contributed by atoms with Gasteiger partial charge in [0.25, 0.3) is 0 Å². The normalized spacial score (nSPS) is 19.3. The zero-order valence-electron chi connectivity index (χ0n) is 9.99. The summed E-state index contributed by atoms with van der Waals surface area (Å²) in [6.07, 6.45) is 3.79. The number of hydrogen-bond donors (Lipinski definition) is 0. The molecule has 2 rings (SSSR count). The minimum absolute atomic E-state index is 0.0229. The van der Waals surface area contributed by atoms with Crippen LogP contribution in [0.4, 0.5) is 0 Å². The maximum atomic E-state index is 9.38. The summed E-state index contributed by atoms with van der Waals surface area (Å²) in [5.41, 5.74) is 1.23. The Morgan fingerprint density at radius 1 is 1.31 bits per heavy atom. The number of rotatable bonds is 2. The largest absolute Gasteiger partial charge is 0.284 e. The summed E-state index contributed by atoms with van der Waals surface area (Å²) in [6.45, 7) is 6.40. The summed E-state index contributed by atoms with van der Waals surface area (Å²) in [5.74, 6) is 0. The lowest BCUT2D eigenvalue weighted by Gasteiger charge is -2.30. The number of nitrogens with zero attached hydrogens (tertiary/aromatic N) is 2. The van der Waals surface area contributed by atoms with Crippen molar-refractivity contribution in [1.82, 2.24) is 4.90 Å². The first-order valence-electron chi connectivity index (χ1n) is 5.93. The van der Waals surface area contributed by atoms with E-state index in [2.05, 4.69) is 30.9 Å². The third-order valence-corrected chi connectivity index (χ3v) is 4.23. The molecule has 0 spiro atoms. The third-order valence-electron chi connectivity index (χ3n) is 3.25. The maximum absolute atomic E-state index is 9.38. The van der Waals surface area contributed by atoms with Crippen LogP contribution in [0.5, 0.6) is 0 Å². The highest BCUT2D eigenvalue weighted by Gasteiger charge is 2.24. The van der Waals surface area contributed by atoms with Gasteiger partial charge in [-0.3, -0.25) is 4.90 Å². The van der Waals surface area contributed by atoms with E-state index < -0.39 is 0 Å². The standard InChI is InChI=1S/C13H18N2S/c1-10-8-12(11(2)16-10)13(9-14)15-6-4-3-5-7-15/h8,13H,3-7H2,1-2H3. The summed E-state index contributed by atoms with van der Waals surface area (Å²) >= 11 is 1.80. The van der Waals surface area contributed by atoms with Gasteiger partial charge in [-0.2, -0.15) is 5.26 Å². The predicted molar refractivity (Wildman–Crippen MR) is 67.6 cm³/mol. The molecule has 2 heterocycles. The summed E-state index contributed by atoms with van der Waals surface area (Å²) < 4.78 is 0. The van der Waals surface area contributed by atoms with Gasteiger partial charge in [0.05, 0.1) is 6.07 Å². The SMILES string of the molecule is Cc1cc(C(C#N)N2CCCCC2)c(C)s1. The Bertz CT molecular complexity index is 397. The number of nitriles is 1. The van der Waals surface area contributed by atoms with Gasteiger partial charge in [-0.25, -0.2) is 0 Å². The van der Waals surface area contributed by atoms with Crippen molar-refractivity contribution in [3.8, 4) is 6.07 Å². The van der Waals surface area contributed by atoms with Gasteiger partial charge in [0.1, 0.15) is 6.04 Å². The van der Waals surface area contributed by atoms with Crippen LogP contribution in [0.2, 0.25) is 0 Å². The number of likely N-dealkylation sites (tertiary alicyclic amines) is 1. The van der Waals surface area contributed by atoms with Crippen LogP contribution in [0.15, 0.2) is 6.07 Å². The zero-order valence-corrected chi connectivity index (χ0v) is 10.8. The molecule has 86 valence electrons. The van der Waals surface area contributed by atoms with E-state index >= 15 is 0 Å². The van der Waals surface area contributed by atoms with Crippen LogP contribution < -0.4 is 0 Å². The third kappa shape index (κ3) is 2.28. The van der Waals surface area contributed by atoms with Gasteiger partial charge in [0.2, 0.25) is 0 Å². The van der Waals surface area contributed by atoms with Crippen molar-refractivity contribution in [2.24, 2.45) is 0 Å². The molecule has 1 aliphatic rings. The second-order valence-corrected chi connectivity index (χ2v) is 5.96. The van der Waals surface area contributed by atoms with Gasteiger partial charge in [-0.05, 0) is 51.4 Å². The van der Waals surface area contributed by atoms with Crippen molar-refractivity contribution in [1.29, 1.82) is 5.26 Å². The molecule has 0 N–H and O–H groups in total. The van der Waals surface area contributed by atoms with Crippen molar-refractivity contribution in [2.45, 2.75) is 39.2 Å². The number of piperidine rings is 1. The van der Waals surface area contributed by atoms with E-state index in [9.17, 15) is 5.26 Å². The molecule has 0 amide bonds. The molecule has 3 heteroatoms. The molecule has 1 atom stereocenters. The summed E-state index contributed by atoms with van der Waals surface area (Å²) in [6, 6.07) is 4.63. The van der Waals surface area contributed by atoms with Crippen LogP contribution >= 0.6 is 11.3 Å². The van der Waals surface area contributed by atoms with Gasteiger partial charge < -0.3 is 0 Å². The molecule has 0 aliphatic carbocycles. The molecular weight excluding hydrogens is 216 g/mol. The quantitative estimate of drug-likeness (QED) is 0.784. The van der Waals surface area contributed by atoms with Crippen LogP contribution in [0, 0.1) is 25.2 Å². The molecule has 2 nitrogen and oxygen atoms in total. The minimum Gasteiger partial charge on any atom is -0.284 e. The van der Waals surface area contributed by atoms with E-state index in [-0.39, 0.29) is 6.04 Å². The fourth-order valence-corrected chi connectivity index (χ4v) is 3.40. The lowest BCUT2D eigenvalue weighted by atomic mass is 10.0. The van der Waals surface area contributed by atoms with Crippen LogP contribution in [0.1, 0.15) is 40.6 Å². The average molecular weight is 234 g/mol. The van der Waals surface area contributed by atoms with Crippen LogP contribution in [0.25, 0.3) is 0 Å². The average Bonchev–Trinajstić information content (AvgIpc) is 2.61. The van der Waals surface area contributed by atoms with Crippen molar-refractivity contribution in [3.05, 3.63) is 21.4 Å². The molecule has 1 unspecified atom stereocenters. The molecule has 16 heavy (non-hydrogen) atoms.